The third-order valence-electron chi connectivity index (χ3n) is 2.82. The zero-order chi connectivity index (χ0) is 15.2. The summed E-state index contributed by atoms with van der Waals surface area (Å²) < 4.78 is 5.43. The minimum absolute atomic E-state index is 0.105. The van der Waals surface area contributed by atoms with Crippen molar-refractivity contribution in [2.45, 2.75) is 38.8 Å². The SMILES string of the molecule is C=CC(=O)NCCC1CSCCN1C(=O)OC(C)(C)C. The highest BCUT2D eigenvalue weighted by atomic mass is 32.2. The minimum Gasteiger partial charge on any atom is -0.444 e. The Morgan fingerprint density at radius 3 is 2.80 bits per heavy atom. The van der Waals surface area contributed by atoms with Crippen molar-refractivity contribution in [2.24, 2.45) is 0 Å². The van der Waals surface area contributed by atoms with Crippen molar-refractivity contribution in [1.82, 2.24) is 10.2 Å². The minimum atomic E-state index is -0.483. The van der Waals surface area contributed by atoms with Crippen LogP contribution >= 0.6 is 11.8 Å². The van der Waals surface area contributed by atoms with Crippen molar-refractivity contribution < 1.29 is 14.3 Å². The second-order valence-corrected chi connectivity index (χ2v) is 6.84. The fraction of sp³-hybridized carbons (Fsp3) is 0.714. The fourth-order valence-electron chi connectivity index (χ4n) is 1.89. The van der Waals surface area contributed by atoms with Crippen LogP contribution in [0.25, 0.3) is 0 Å². The maximum Gasteiger partial charge on any atom is 0.410 e. The van der Waals surface area contributed by atoms with Gasteiger partial charge in [0.15, 0.2) is 0 Å². The summed E-state index contributed by atoms with van der Waals surface area (Å²) in [6, 6.07) is 0.105. The van der Waals surface area contributed by atoms with Crippen LogP contribution in [-0.4, -0.2) is 53.1 Å². The van der Waals surface area contributed by atoms with E-state index >= 15 is 0 Å². The van der Waals surface area contributed by atoms with E-state index in [2.05, 4.69) is 11.9 Å². The van der Waals surface area contributed by atoms with Gasteiger partial charge in [-0.25, -0.2) is 4.79 Å². The van der Waals surface area contributed by atoms with Crippen molar-refractivity contribution in [3.63, 3.8) is 0 Å². The molecule has 1 heterocycles. The van der Waals surface area contributed by atoms with E-state index in [1.54, 1.807) is 4.90 Å². The van der Waals surface area contributed by atoms with Crippen LogP contribution in [0, 0.1) is 0 Å². The first-order valence-electron chi connectivity index (χ1n) is 6.81. The Morgan fingerprint density at radius 1 is 1.50 bits per heavy atom. The smallest absolute Gasteiger partial charge is 0.410 e. The van der Waals surface area contributed by atoms with Gasteiger partial charge in [0.05, 0.1) is 0 Å². The molecule has 0 aliphatic carbocycles. The monoisotopic (exact) mass is 300 g/mol. The van der Waals surface area contributed by atoms with Gasteiger partial charge in [-0.2, -0.15) is 11.8 Å². The number of hydrogen-bond donors (Lipinski definition) is 1. The topological polar surface area (TPSA) is 58.6 Å². The zero-order valence-electron chi connectivity index (χ0n) is 12.5. The molecule has 1 aliphatic heterocycles. The molecule has 0 saturated carbocycles. The van der Waals surface area contributed by atoms with Crippen LogP contribution in [0.4, 0.5) is 4.79 Å². The number of ether oxygens (including phenoxy) is 1. The Labute approximate surface area is 125 Å². The van der Waals surface area contributed by atoms with E-state index < -0.39 is 5.60 Å². The van der Waals surface area contributed by atoms with Crippen LogP contribution in [0.5, 0.6) is 0 Å². The molecule has 0 radical (unpaired) electrons. The van der Waals surface area contributed by atoms with Crippen molar-refractivity contribution in [1.29, 1.82) is 0 Å². The molecular formula is C14H24N2O3S. The molecule has 1 rings (SSSR count). The first-order chi connectivity index (χ1) is 9.33. The lowest BCUT2D eigenvalue weighted by molar-refractivity contribution is -0.116. The quantitative estimate of drug-likeness (QED) is 0.807. The molecule has 1 atom stereocenters. The summed E-state index contributed by atoms with van der Waals surface area (Å²) in [5, 5.41) is 2.74. The zero-order valence-corrected chi connectivity index (χ0v) is 13.3. The molecule has 0 aromatic rings. The lowest BCUT2D eigenvalue weighted by atomic mass is 10.2. The molecule has 6 heteroatoms. The van der Waals surface area contributed by atoms with Gasteiger partial charge in [0.25, 0.3) is 0 Å². The third kappa shape index (κ3) is 5.86. The first-order valence-corrected chi connectivity index (χ1v) is 7.96. The Morgan fingerprint density at radius 2 is 2.20 bits per heavy atom. The van der Waals surface area contributed by atoms with Crippen molar-refractivity contribution in [3.8, 4) is 0 Å². The van der Waals surface area contributed by atoms with Crippen LogP contribution in [0.2, 0.25) is 0 Å². The summed E-state index contributed by atoms with van der Waals surface area (Å²) in [4.78, 5) is 25.1. The summed E-state index contributed by atoms with van der Waals surface area (Å²) >= 11 is 1.82. The molecule has 1 N–H and O–H groups in total. The molecule has 1 unspecified atom stereocenters. The van der Waals surface area contributed by atoms with Crippen molar-refractivity contribution in [3.05, 3.63) is 12.7 Å². The van der Waals surface area contributed by atoms with Crippen molar-refractivity contribution in [2.75, 3.05) is 24.6 Å². The Bertz CT molecular complexity index is 366. The van der Waals surface area contributed by atoms with Gasteiger partial charge in [0.1, 0.15) is 5.60 Å². The molecular weight excluding hydrogens is 276 g/mol. The van der Waals surface area contributed by atoms with E-state index in [1.807, 2.05) is 32.5 Å². The molecule has 0 aromatic carbocycles. The van der Waals surface area contributed by atoms with Gasteiger partial charge in [-0.15, -0.1) is 0 Å². The van der Waals surface area contributed by atoms with Gasteiger partial charge in [0.2, 0.25) is 5.91 Å². The van der Waals surface area contributed by atoms with Gasteiger partial charge in [-0.1, -0.05) is 6.58 Å². The Hall–Kier alpha value is -1.17. The van der Waals surface area contributed by atoms with E-state index in [4.69, 9.17) is 4.74 Å². The normalized spacial score (nSPS) is 19.4. The summed E-state index contributed by atoms with van der Waals surface area (Å²) in [7, 11) is 0. The molecule has 2 amide bonds. The summed E-state index contributed by atoms with van der Waals surface area (Å²) in [6.45, 7) is 10.2. The average molecular weight is 300 g/mol. The number of carbonyl (C=O) groups excluding carboxylic acids is 2. The average Bonchev–Trinajstić information content (AvgIpc) is 2.37. The van der Waals surface area contributed by atoms with Crippen LogP contribution in [-0.2, 0) is 9.53 Å². The van der Waals surface area contributed by atoms with Gasteiger partial charge >= 0.3 is 6.09 Å². The number of carbonyl (C=O) groups is 2. The van der Waals surface area contributed by atoms with E-state index in [0.717, 1.165) is 17.9 Å². The van der Waals surface area contributed by atoms with Gasteiger partial charge in [-0.3, -0.25) is 4.79 Å². The molecule has 1 saturated heterocycles. The summed E-state index contributed by atoms with van der Waals surface area (Å²) in [6.07, 6.45) is 1.71. The highest BCUT2D eigenvalue weighted by Crippen LogP contribution is 2.21. The van der Waals surface area contributed by atoms with Crippen LogP contribution in [0.3, 0.4) is 0 Å². The molecule has 0 spiro atoms. The molecule has 0 bridgehead atoms. The Kier molecular flexibility index (Phi) is 6.39. The standard InChI is InChI=1S/C14H24N2O3S/c1-5-12(17)15-7-6-11-10-20-9-8-16(11)13(18)19-14(2,3)4/h5,11H,1,6-10H2,2-4H3,(H,15,17). The Balaban J connectivity index is 2.51. The van der Waals surface area contributed by atoms with Crippen LogP contribution in [0.1, 0.15) is 27.2 Å². The fourth-order valence-corrected chi connectivity index (χ4v) is 3.00. The molecule has 5 nitrogen and oxygen atoms in total. The molecule has 1 aliphatic rings. The summed E-state index contributed by atoms with van der Waals surface area (Å²) in [5.41, 5.74) is -0.483. The van der Waals surface area contributed by atoms with Crippen LogP contribution < -0.4 is 5.32 Å². The van der Waals surface area contributed by atoms with E-state index in [-0.39, 0.29) is 18.0 Å². The van der Waals surface area contributed by atoms with E-state index in [1.165, 1.54) is 6.08 Å². The number of thioether (sulfide) groups is 1. The lowest BCUT2D eigenvalue weighted by Gasteiger charge is -2.36. The predicted octanol–water partition coefficient (Wildman–Crippen LogP) is 2.03. The maximum absolute atomic E-state index is 12.2. The summed E-state index contributed by atoms with van der Waals surface area (Å²) in [5.74, 6) is 1.62. The van der Waals surface area contributed by atoms with Crippen LogP contribution in [0.15, 0.2) is 12.7 Å². The lowest BCUT2D eigenvalue weighted by Crippen LogP contribution is -2.49. The van der Waals surface area contributed by atoms with E-state index in [0.29, 0.717) is 13.1 Å². The third-order valence-corrected chi connectivity index (χ3v) is 3.91. The maximum atomic E-state index is 12.2. The molecule has 114 valence electrons. The van der Waals surface area contributed by atoms with E-state index in [9.17, 15) is 9.59 Å². The highest BCUT2D eigenvalue weighted by Gasteiger charge is 2.30. The van der Waals surface area contributed by atoms with Gasteiger partial charge in [0, 0.05) is 30.6 Å². The highest BCUT2D eigenvalue weighted by molar-refractivity contribution is 7.99. The predicted molar refractivity (Wildman–Crippen MR) is 81.9 cm³/mol. The number of nitrogens with one attached hydrogen (secondary N) is 1. The van der Waals surface area contributed by atoms with Gasteiger partial charge in [-0.05, 0) is 33.3 Å². The van der Waals surface area contributed by atoms with Crippen molar-refractivity contribution >= 4 is 23.8 Å². The second kappa shape index (κ2) is 7.57. The second-order valence-electron chi connectivity index (χ2n) is 5.69. The van der Waals surface area contributed by atoms with Gasteiger partial charge < -0.3 is 15.0 Å². The first kappa shape index (κ1) is 16.9. The molecule has 0 aromatic heterocycles. The molecule has 20 heavy (non-hydrogen) atoms. The number of amides is 2. The number of rotatable bonds is 4. The number of nitrogens with zero attached hydrogens (tertiary/aromatic N) is 1. The largest absolute Gasteiger partial charge is 0.444 e. The molecule has 1 fully saturated rings. The number of hydrogen-bond acceptors (Lipinski definition) is 4.